The fraction of sp³-hybridized carbons (Fsp3) is 0.152. The van der Waals surface area contributed by atoms with E-state index < -0.39 is 5.60 Å². The second-order valence-electron chi connectivity index (χ2n) is 9.47. The van der Waals surface area contributed by atoms with Crippen LogP contribution in [0.1, 0.15) is 37.6 Å². The summed E-state index contributed by atoms with van der Waals surface area (Å²) in [6.07, 6.45) is 0.898. The summed E-state index contributed by atoms with van der Waals surface area (Å²) in [4.78, 5) is 3.42. The molecule has 0 aliphatic carbocycles. The van der Waals surface area contributed by atoms with Crippen LogP contribution in [0.2, 0.25) is 0 Å². The number of benzene rings is 4. The number of hydrogen-bond acceptors (Lipinski definition) is 3. The second-order valence-corrected chi connectivity index (χ2v) is 11.4. The van der Waals surface area contributed by atoms with E-state index in [9.17, 15) is 4.39 Å². The van der Waals surface area contributed by atoms with Crippen LogP contribution in [0.25, 0.3) is 0 Å². The molecule has 1 unspecified atom stereocenters. The largest absolute Gasteiger partial charge is 0.463 e. The van der Waals surface area contributed by atoms with Crippen molar-refractivity contribution in [1.82, 2.24) is 4.90 Å². The Balaban J connectivity index is 1.39. The molecule has 0 saturated heterocycles. The summed E-state index contributed by atoms with van der Waals surface area (Å²) in [5, 5.41) is 0.880. The average Bonchev–Trinajstić information content (AvgIpc) is 3.39. The van der Waals surface area contributed by atoms with Crippen LogP contribution in [0.3, 0.4) is 0 Å². The maximum atomic E-state index is 14.5. The molecule has 6 rings (SSSR count). The first-order valence-corrected chi connectivity index (χ1v) is 14.5. The summed E-state index contributed by atoms with van der Waals surface area (Å²) < 4.78 is 21.6. The highest BCUT2D eigenvalue weighted by Gasteiger charge is 2.40. The Labute approximate surface area is 235 Å². The number of thiophene rings is 1. The van der Waals surface area contributed by atoms with E-state index in [1.165, 1.54) is 16.5 Å². The predicted octanol–water partition coefficient (Wildman–Crippen LogP) is 8.71. The van der Waals surface area contributed by atoms with Gasteiger partial charge in [-0.1, -0.05) is 125 Å². The van der Waals surface area contributed by atoms with Gasteiger partial charge in [-0.25, -0.2) is 4.39 Å². The molecule has 0 amide bonds. The molecule has 1 aliphatic rings. The van der Waals surface area contributed by atoms with E-state index in [0.717, 1.165) is 41.3 Å². The minimum atomic E-state index is -0.804. The summed E-state index contributed by atoms with van der Waals surface area (Å²) in [5.74, 6) is -0.187. The van der Waals surface area contributed by atoms with Crippen LogP contribution in [-0.4, -0.2) is 11.4 Å². The van der Waals surface area contributed by atoms with Gasteiger partial charge in [-0.2, -0.15) is 0 Å². The minimum absolute atomic E-state index is 0.182. The summed E-state index contributed by atoms with van der Waals surface area (Å²) in [6.45, 7) is 1.58. The van der Waals surface area contributed by atoms with Crippen LogP contribution in [0.5, 0.6) is 5.06 Å². The van der Waals surface area contributed by atoms with E-state index in [0.29, 0.717) is 5.56 Å². The van der Waals surface area contributed by atoms with Crippen molar-refractivity contribution in [3.05, 3.63) is 160 Å². The molecule has 2 heterocycles. The number of halogens is 2. The standard InChI is InChI=1S/C33H27BrFNOS/c34-32(28-18-10-11-19-29(28)35)36-21-20-30-24(23-36)22-31(38-30)37-33(25-12-4-1-5-13-25,26-14-6-2-7-15-26)27-16-8-3-9-17-27/h1-19,22,32H,20-21,23H2. The Morgan fingerprint density at radius 1 is 0.763 bits per heavy atom. The zero-order valence-electron chi connectivity index (χ0n) is 20.8. The molecule has 5 aromatic rings. The molecule has 1 aliphatic heterocycles. The number of fused-ring (bicyclic) bond motifs is 1. The maximum Gasteiger partial charge on any atom is 0.185 e. The molecule has 2 nitrogen and oxygen atoms in total. The van der Waals surface area contributed by atoms with Gasteiger partial charge in [0.05, 0.1) is 4.95 Å². The van der Waals surface area contributed by atoms with E-state index >= 15 is 0 Å². The number of alkyl halides is 1. The lowest BCUT2D eigenvalue weighted by atomic mass is 9.80. The van der Waals surface area contributed by atoms with Crippen molar-refractivity contribution < 1.29 is 9.13 Å². The van der Waals surface area contributed by atoms with Gasteiger partial charge in [0, 0.05) is 40.2 Å². The first-order valence-electron chi connectivity index (χ1n) is 12.7. The lowest BCUT2D eigenvalue weighted by Gasteiger charge is -2.35. The molecule has 1 aromatic heterocycles. The van der Waals surface area contributed by atoms with Gasteiger partial charge in [0.25, 0.3) is 0 Å². The predicted molar refractivity (Wildman–Crippen MR) is 156 cm³/mol. The quantitative estimate of drug-likeness (QED) is 0.108. The molecule has 1 atom stereocenters. The van der Waals surface area contributed by atoms with Crippen molar-refractivity contribution in [1.29, 1.82) is 0 Å². The molecule has 38 heavy (non-hydrogen) atoms. The highest BCUT2D eigenvalue weighted by atomic mass is 79.9. The summed E-state index contributed by atoms with van der Waals surface area (Å²) in [6, 6.07) is 40.5. The molecule has 0 N–H and O–H groups in total. The molecular weight excluding hydrogens is 557 g/mol. The van der Waals surface area contributed by atoms with Crippen molar-refractivity contribution >= 4 is 27.3 Å². The second kappa shape index (κ2) is 10.9. The Morgan fingerprint density at radius 2 is 1.29 bits per heavy atom. The lowest BCUT2D eigenvalue weighted by molar-refractivity contribution is 0.161. The third-order valence-corrected chi connectivity index (χ3v) is 9.34. The molecular formula is C33H27BrFNOS. The topological polar surface area (TPSA) is 12.5 Å². The van der Waals surface area contributed by atoms with Crippen molar-refractivity contribution in [2.24, 2.45) is 0 Å². The van der Waals surface area contributed by atoms with Gasteiger partial charge in [0.2, 0.25) is 0 Å². The van der Waals surface area contributed by atoms with E-state index in [4.69, 9.17) is 4.74 Å². The molecule has 0 spiro atoms. The van der Waals surface area contributed by atoms with Gasteiger partial charge in [-0.05, 0) is 24.1 Å². The van der Waals surface area contributed by atoms with Gasteiger partial charge in [0.15, 0.2) is 10.7 Å². The average molecular weight is 585 g/mol. The van der Waals surface area contributed by atoms with E-state index in [1.807, 2.05) is 30.3 Å². The fourth-order valence-corrected chi connectivity index (χ4v) is 7.06. The van der Waals surface area contributed by atoms with E-state index in [1.54, 1.807) is 17.4 Å². The van der Waals surface area contributed by atoms with Crippen molar-refractivity contribution in [2.75, 3.05) is 6.54 Å². The van der Waals surface area contributed by atoms with Crippen LogP contribution in [-0.2, 0) is 18.6 Å². The Kier molecular flexibility index (Phi) is 7.16. The molecule has 190 valence electrons. The highest BCUT2D eigenvalue weighted by Crippen LogP contribution is 2.45. The third-order valence-electron chi connectivity index (χ3n) is 7.15. The molecule has 0 bridgehead atoms. The van der Waals surface area contributed by atoms with Crippen LogP contribution >= 0.6 is 27.3 Å². The van der Waals surface area contributed by atoms with Gasteiger partial charge in [0.1, 0.15) is 5.82 Å². The summed E-state index contributed by atoms with van der Waals surface area (Å²) in [7, 11) is 0. The first-order chi connectivity index (χ1) is 18.6. The van der Waals surface area contributed by atoms with E-state index in [2.05, 4.69) is 99.7 Å². The van der Waals surface area contributed by atoms with Gasteiger partial charge in [-0.15, -0.1) is 11.3 Å². The smallest absolute Gasteiger partial charge is 0.185 e. The van der Waals surface area contributed by atoms with Crippen LogP contribution in [0.4, 0.5) is 4.39 Å². The van der Waals surface area contributed by atoms with Gasteiger partial charge >= 0.3 is 0 Å². The highest BCUT2D eigenvalue weighted by molar-refractivity contribution is 9.09. The molecule has 0 radical (unpaired) electrons. The van der Waals surface area contributed by atoms with Crippen molar-refractivity contribution in [3.63, 3.8) is 0 Å². The SMILES string of the molecule is Fc1ccccc1C(Br)N1CCc2sc(OC(c3ccccc3)(c3ccccc3)c3ccccc3)cc2C1. The first kappa shape index (κ1) is 25.1. The number of ether oxygens (including phenoxy) is 1. The van der Waals surface area contributed by atoms with Crippen LogP contribution in [0.15, 0.2) is 121 Å². The number of hydrogen-bond donors (Lipinski definition) is 0. The minimum Gasteiger partial charge on any atom is -0.463 e. The van der Waals surface area contributed by atoms with E-state index in [-0.39, 0.29) is 10.8 Å². The molecule has 0 saturated carbocycles. The van der Waals surface area contributed by atoms with Gasteiger partial charge < -0.3 is 4.74 Å². The monoisotopic (exact) mass is 583 g/mol. The number of rotatable bonds is 7. The lowest BCUT2D eigenvalue weighted by Crippen LogP contribution is -2.35. The van der Waals surface area contributed by atoms with Crippen LogP contribution < -0.4 is 4.74 Å². The third kappa shape index (κ3) is 4.71. The Hall–Kier alpha value is -3.25. The van der Waals surface area contributed by atoms with Gasteiger partial charge in [-0.3, -0.25) is 4.90 Å². The van der Waals surface area contributed by atoms with Crippen molar-refractivity contribution in [2.45, 2.75) is 23.5 Å². The van der Waals surface area contributed by atoms with Crippen molar-refractivity contribution in [3.8, 4) is 5.06 Å². The number of nitrogens with zero attached hydrogens (tertiary/aromatic N) is 1. The molecule has 5 heteroatoms. The molecule has 4 aromatic carbocycles. The Bertz CT molecular complexity index is 1410. The normalized spacial score (nSPS) is 14.6. The fourth-order valence-electron chi connectivity index (χ4n) is 5.28. The van der Waals surface area contributed by atoms with Crippen LogP contribution in [0, 0.1) is 5.82 Å². The maximum absolute atomic E-state index is 14.5. The zero-order valence-corrected chi connectivity index (χ0v) is 23.2. The zero-order chi connectivity index (χ0) is 26.0. The summed E-state index contributed by atoms with van der Waals surface area (Å²) >= 11 is 5.48. The summed E-state index contributed by atoms with van der Waals surface area (Å²) in [5.41, 5.74) is 4.32. The Morgan fingerprint density at radius 3 is 1.84 bits per heavy atom. The molecule has 0 fully saturated rings.